The summed E-state index contributed by atoms with van der Waals surface area (Å²) >= 11 is 0. The Morgan fingerprint density at radius 3 is 1.24 bits per heavy atom. The fourth-order valence-electron chi connectivity index (χ4n) is 4.02. The van der Waals surface area contributed by atoms with E-state index in [0.717, 1.165) is 11.1 Å². The van der Waals surface area contributed by atoms with Crippen LogP contribution in [0.5, 0.6) is 11.5 Å². The molecule has 0 unspecified atom stereocenters. The van der Waals surface area contributed by atoms with E-state index < -0.39 is 19.5 Å². The molecule has 0 bridgehead atoms. The second-order valence-electron chi connectivity index (χ2n) is 8.68. The zero-order chi connectivity index (χ0) is 27.2. The third kappa shape index (κ3) is 5.61. The van der Waals surface area contributed by atoms with Gasteiger partial charge in [0.2, 0.25) is 0 Å². The summed E-state index contributed by atoms with van der Waals surface area (Å²) in [7, 11) is -3.00. The van der Waals surface area contributed by atoms with Gasteiger partial charge in [-0.2, -0.15) is 0 Å². The summed E-state index contributed by atoms with van der Waals surface area (Å²) in [5.41, 5.74) is 2.11. The summed E-state index contributed by atoms with van der Waals surface area (Å²) in [6, 6.07) is 29.3. The van der Waals surface area contributed by atoms with E-state index in [1.165, 1.54) is 0 Å². The highest BCUT2D eigenvalue weighted by Crippen LogP contribution is 2.33. The average molecular weight is 549 g/mol. The molecular weight excluding hydrogens is 516 g/mol. The van der Waals surface area contributed by atoms with Crippen LogP contribution in [0.2, 0.25) is 0 Å². The van der Waals surface area contributed by atoms with Crippen LogP contribution in [0.15, 0.2) is 125 Å². The maximum Gasteiger partial charge on any atom is 0.136 e. The topological polar surface area (TPSA) is 77.3 Å². The zero-order valence-electron chi connectivity index (χ0n) is 22.0. The predicted molar refractivity (Wildman–Crippen MR) is 152 cm³/mol. The van der Waals surface area contributed by atoms with Crippen LogP contribution in [0.1, 0.15) is 11.1 Å². The highest BCUT2D eigenvalue weighted by atomic mass is 32.2. The van der Waals surface area contributed by atoms with Crippen molar-refractivity contribution in [1.29, 1.82) is 0 Å². The first kappa shape index (κ1) is 27.4. The van der Waals surface area contributed by atoms with E-state index in [1.54, 1.807) is 38.5 Å². The maximum absolute atomic E-state index is 14.5. The third-order valence-corrected chi connectivity index (χ3v) is 10.8. The molecule has 4 aromatic carbocycles. The second kappa shape index (κ2) is 11.8. The molecule has 0 spiro atoms. The van der Waals surface area contributed by atoms with Gasteiger partial charge in [0.25, 0.3) is 0 Å². The Balaban J connectivity index is 1.82. The van der Waals surface area contributed by atoms with Crippen LogP contribution in [-0.4, -0.2) is 35.7 Å². The SMILES string of the molecule is COc1ccccc1[S@](=O)(=NCCN=[S@](=O)(c1ccc(C)cc1)c1ccccc1OC)c1ccc(C)cc1. The monoisotopic (exact) mass is 548 g/mol. The lowest BCUT2D eigenvalue weighted by atomic mass is 10.2. The molecule has 0 fully saturated rings. The van der Waals surface area contributed by atoms with Crippen LogP contribution in [-0.2, 0) is 19.5 Å². The largest absolute Gasteiger partial charge is 0.495 e. The first-order chi connectivity index (χ1) is 18.3. The molecule has 4 rings (SSSR count). The van der Waals surface area contributed by atoms with Gasteiger partial charge in [-0.05, 0) is 62.4 Å². The van der Waals surface area contributed by atoms with Crippen molar-refractivity contribution in [3.05, 3.63) is 108 Å². The average Bonchev–Trinajstić information content (AvgIpc) is 2.95. The molecule has 4 aromatic rings. The predicted octanol–water partition coefficient (Wildman–Crippen LogP) is 6.79. The zero-order valence-corrected chi connectivity index (χ0v) is 23.6. The van der Waals surface area contributed by atoms with E-state index in [4.69, 9.17) is 9.47 Å². The Bertz CT molecular complexity index is 1520. The molecule has 0 saturated heterocycles. The number of hydrogen-bond donors (Lipinski definition) is 0. The van der Waals surface area contributed by atoms with Gasteiger partial charge in [-0.1, -0.05) is 59.7 Å². The Kier molecular flexibility index (Phi) is 8.54. The van der Waals surface area contributed by atoms with Crippen molar-refractivity contribution in [3.8, 4) is 11.5 Å². The molecule has 2 atom stereocenters. The molecule has 38 heavy (non-hydrogen) atoms. The molecule has 6 nitrogen and oxygen atoms in total. The number of nitrogens with zero attached hydrogens (tertiary/aromatic N) is 2. The van der Waals surface area contributed by atoms with E-state index >= 15 is 0 Å². The fraction of sp³-hybridized carbons (Fsp3) is 0.200. The summed E-state index contributed by atoms with van der Waals surface area (Å²) in [4.78, 5) is 2.15. The van der Waals surface area contributed by atoms with Crippen LogP contribution in [0.4, 0.5) is 0 Å². The van der Waals surface area contributed by atoms with Gasteiger partial charge in [0.1, 0.15) is 31.0 Å². The van der Waals surface area contributed by atoms with E-state index in [0.29, 0.717) is 31.1 Å². The minimum atomic E-state index is -3.05. The van der Waals surface area contributed by atoms with Crippen molar-refractivity contribution >= 4 is 19.5 Å². The van der Waals surface area contributed by atoms with Crippen LogP contribution in [0.3, 0.4) is 0 Å². The van der Waals surface area contributed by atoms with E-state index in [2.05, 4.69) is 8.73 Å². The molecule has 0 radical (unpaired) electrons. The Hall–Kier alpha value is -3.62. The molecule has 0 aliphatic rings. The van der Waals surface area contributed by atoms with Gasteiger partial charge in [0, 0.05) is 0 Å². The van der Waals surface area contributed by atoms with Gasteiger partial charge in [0.15, 0.2) is 0 Å². The van der Waals surface area contributed by atoms with E-state index in [-0.39, 0.29) is 13.1 Å². The minimum absolute atomic E-state index is 0.1000. The lowest BCUT2D eigenvalue weighted by Crippen LogP contribution is -2.08. The Labute approximate surface area is 226 Å². The molecule has 0 aromatic heterocycles. The smallest absolute Gasteiger partial charge is 0.136 e. The molecule has 198 valence electrons. The third-order valence-electron chi connectivity index (χ3n) is 6.06. The number of benzene rings is 4. The van der Waals surface area contributed by atoms with Crippen molar-refractivity contribution in [3.63, 3.8) is 0 Å². The van der Waals surface area contributed by atoms with E-state index in [1.807, 2.05) is 86.6 Å². The second-order valence-corrected chi connectivity index (χ2v) is 13.1. The van der Waals surface area contributed by atoms with Crippen molar-refractivity contribution < 1.29 is 17.9 Å². The Morgan fingerprint density at radius 1 is 0.553 bits per heavy atom. The molecule has 0 heterocycles. The molecule has 0 aliphatic heterocycles. The summed E-state index contributed by atoms with van der Waals surface area (Å²) in [5.74, 6) is 0.993. The quantitative estimate of drug-likeness (QED) is 0.216. The molecule has 0 saturated carbocycles. The molecular formula is C30H32N2O4S2. The molecule has 0 N–H and O–H groups in total. The van der Waals surface area contributed by atoms with Crippen LogP contribution >= 0.6 is 0 Å². The van der Waals surface area contributed by atoms with Gasteiger partial charge < -0.3 is 9.47 Å². The number of aryl methyl sites for hydroxylation is 2. The van der Waals surface area contributed by atoms with Crippen LogP contribution < -0.4 is 9.47 Å². The summed E-state index contributed by atoms with van der Waals surface area (Å²) in [5, 5.41) is 0. The highest BCUT2D eigenvalue weighted by Gasteiger charge is 2.22. The lowest BCUT2D eigenvalue weighted by molar-refractivity contribution is 0.403. The maximum atomic E-state index is 14.5. The first-order valence-corrected chi connectivity index (χ1v) is 15.2. The summed E-state index contributed by atoms with van der Waals surface area (Å²) in [6.45, 7) is 4.15. The summed E-state index contributed by atoms with van der Waals surface area (Å²) < 4.78 is 49.4. The molecule has 8 heteroatoms. The van der Waals surface area contributed by atoms with Crippen molar-refractivity contribution in [2.45, 2.75) is 33.4 Å². The summed E-state index contributed by atoms with van der Waals surface area (Å²) in [6.07, 6.45) is 0. The van der Waals surface area contributed by atoms with Crippen LogP contribution in [0.25, 0.3) is 0 Å². The van der Waals surface area contributed by atoms with Gasteiger partial charge in [0.05, 0.1) is 46.9 Å². The fourth-order valence-corrected chi connectivity index (χ4v) is 8.17. The standard InChI is InChI=1S/C30H32N2O4S2/c1-23-13-17-25(18-14-23)37(33,29-11-7-5-9-27(29)35-3)31-21-22-32-38(34,26-19-15-24(2)16-20-26)30-12-8-6-10-28(30)36-4/h5-20H,21-22H2,1-4H3/t37-,38-/m0/s1. The van der Waals surface area contributed by atoms with E-state index in [9.17, 15) is 8.42 Å². The number of hydrogen-bond acceptors (Lipinski definition) is 6. The number of methoxy groups -OCH3 is 2. The number of ether oxygens (including phenoxy) is 2. The normalized spacial score (nSPS) is 14.1. The molecule has 0 aliphatic carbocycles. The van der Waals surface area contributed by atoms with Gasteiger partial charge >= 0.3 is 0 Å². The minimum Gasteiger partial charge on any atom is -0.495 e. The Morgan fingerprint density at radius 2 is 0.895 bits per heavy atom. The van der Waals surface area contributed by atoms with Gasteiger partial charge in [-0.3, -0.25) is 0 Å². The highest BCUT2D eigenvalue weighted by molar-refractivity contribution is 7.94. The molecule has 0 amide bonds. The van der Waals surface area contributed by atoms with Crippen molar-refractivity contribution in [2.75, 3.05) is 27.3 Å². The number of para-hydroxylation sites is 2. The van der Waals surface area contributed by atoms with Gasteiger partial charge in [-0.25, -0.2) is 17.1 Å². The van der Waals surface area contributed by atoms with Crippen LogP contribution in [0, 0.1) is 13.8 Å². The first-order valence-electron chi connectivity index (χ1n) is 12.2. The van der Waals surface area contributed by atoms with Crippen molar-refractivity contribution in [2.24, 2.45) is 8.73 Å². The lowest BCUT2D eigenvalue weighted by Gasteiger charge is -2.16. The van der Waals surface area contributed by atoms with Gasteiger partial charge in [-0.15, -0.1) is 0 Å². The van der Waals surface area contributed by atoms with Crippen molar-refractivity contribution in [1.82, 2.24) is 0 Å². The number of rotatable bonds is 9.